The van der Waals surface area contributed by atoms with E-state index in [0.29, 0.717) is 6.29 Å². The number of carbonyl (C=O) groups is 3. The van der Waals surface area contributed by atoms with Crippen LogP contribution in [0.5, 0.6) is 0 Å². The number of benzene rings is 2. The Bertz CT molecular complexity index is 932. The van der Waals surface area contributed by atoms with Crippen molar-refractivity contribution in [3.63, 3.8) is 0 Å². The molecule has 3 nitrogen and oxygen atoms in total. The topological polar surface area (TPSA) is 51.2 Å². The molecule has 0 saturated heterocycles. The highest BCUT2D eigenvalue weighted by Crippen LogP contribution is 2.33. The smallest absolute Gasteiger partial charge is 0.303 e. The number of aldehydes is 1. The molecule has 9 heteroatoms. The van der Waals surface area contributed by atoms with E-state index in [1.807, 2.05) is 0 Å². The predicted octanol–water partition coefficient (Wildman–Crippen LogP) is 6.41. The lowest BCUT2D eigenvalue weighted by atomic mass is 9.99. The molecular weight excluding hydrogens is 450 g/mol. The molecule has 2 aromatic carbocycles. The number of carbonyl (C=O) groups excluding carboxylic acids is 3. The summed E-state index contributed by atoms with van der Waals surface area (Å²) in [5.74, 6) is -0.281. The molecule has 0 aliphatic rings. The maximum absolute atomic E-state index is 12.7. The van der Waals surface area contributed by atoms with Gasteiger partial charge in [0.25, 0.3) is 0 Å². The van der Waals surface area contributed by atoms with Gasteiger partial charge in [0.05, 0.1) is 11.1 Å². The van der Waals surface area contributed by atoms with Crippen molar-refractivity contribution in [1.29, 1.82) is 0 Å². The van der Waals surface area contributed by atoms with E-state index in [9.17, 15) is 40.7 Å². The highest BCUT2D eigenvalue weighted by atomic mass is 19.4. The third kappa shape index (κ3) is 10.5. The summed E-state index contributed by atoms with van der Waals surface area (Å²) in [6, 6.07) is 10.5. The molecule has 0 heterocycles. The van der Waals surface area contributed by atoms with E-state index in [4.69, 9.17) is 0 Å². The Morgan fingerprint density at radius 1 is 0.727 bits per heavy atom. The second kappa shape index (κ2) is 12.9. The van der Waals surface area contributed by atoms with Gasteiger partial charge in [0, 0.05) is 25.7 Å². The summed E-state index contributed by atoms with van der Waals surface area (Å²) >= 11 is 0. The van der Waals surface area contributed by atoms with Crippen LogP contribution in [0.25, 0.3) is 0 Å². The van der Waals surface area contributed by atoms with Crippen molar-refractivity contribution in [3.05, 3.63) is 70.8 Å². The highest BCUT2D eigenvalue weighted by Gasteiger charge is 2.33. The van der Waals surface area contributed by atoms with E-state index >= 15 is 0 Å². The van der Waals surface area contributed by atoms with Crippen LogP contribution in [-0.4, -0.2) is 17.9 Å². The number of ketones is 2. The van der Waals surface area contributed by atoms with Crippen LogP contribution in [0.2, 0.25) is 0 Å². The van der Waals surface area contributed by atoms with Gasteiger partial charge in [0.2, 0.25) is 0 Å². The molecule has 0 unspecified atom stereocenters. The average Bonchev–Trinajstić information content (AvgIpc) is 2.74. The SMILES string of the molecule is CC(=O)CCC(=O)CCc1ccccc1C(F)(F)F.O=CCCc1ccccc1C(F)(F)F. The minimum absolute atomic E-state index is 0.0281. The molecule has 0 aliphatic heterocycles. The number of rotatable bonds is 9. The van der Waals surface area contributed by atoms with E-state index in [0.717, 1.165) is 12.1 Å². The summed E-state index contributed by atoms with van der Waals surface area (Å²) in [6.07, 6.45) is -7.53. The number of halogens is 6. The van der Waals surface area contributed by atoms with Gasteiger partial charge in [-0.05, 0) is 43.0 Å². The van der Waals surface area contributed by atoms with Gasteiger partial charge in [-0.1, -0.05) is 36.4 Å². The Kier molecular flexibility index (Phi) is 11.0. The van der Waals surface area contributed by atoms with Crippen LogP contribution in [0.3, 0.4) is 0 Å². The van der Waals surface area contributed by atoms with Crippen LogP contribution >= 0.6 is 0 Å². The number of Topliss-reactive ketones (excluding diaryl/α,β-unsaturated/α-hetero) is 2. The summed E-state index contributed by atoms with van der Waals surface area (Å²) < 4.78 is 75.3. The van der Waals surface area contributed by atoms with Crippen LogP contribution in [0.1, 0.15) is 54.9 Å². The van der Waals surface area contributed by atoms with Gasteiger partial charge >= 0.3 is 12.4 Å². The molecule has 0 bridgehead atoms. The number of alkyl halides is 6. The quantitative estimate of drug-likeness (QED) is 0.312. The zero-order valence-corrected chi connectivity index (χ0v) is 17.9. The van der Waals surface area contributed by atoms with E-state index in [1.54, 1.807) is 0 Å². The maximum atomic E-state index is 12.7. The molecule has 0 fully saturated rings. The van der Waals surface area contributed by atoms with E-state index < -0.39 is 23.5 Å². The molecule has 0 aliphatic carbocycles. The molecule has 33 heavy (non-hydrogen) atoms. The monoisotopic (exact) mass is 474 g/mol. The van der Waals surface area contributed by atoms with Gasteiger partial charge in [-0.15, -0.1) is 0 Å². The van der Waals surface area contributed by atoms with Crippen LogP contribution in [0.15, 0.2) is 48.5 Å². The molecule has 0 amide bonds. The lowest BCUT2D eigenvalue weighted by molar-refractivity contribution is -0.139. The molecule has 0 saturated carbocycles. The molecule has 0 atom stereocenters. The van der Waals surface area contributed by atoms with Gasteiger partial charge in [-0.25, -0.2) is 0 Å². The summed E-state index contributed by atoms with van der Waals surface area (Å²) in [4.78, 5) is 32.2. The Labute approximate surface area is 187 Å². The standard InChI is InChI=1S/C14H15F3O2.C10H9F3O/c1-10(18)6-8-12(19)9-7-11-4-2-3-5-13(11)14(15,16)17;11-10(12,13)9-6-2-1-4-8(9)5-3-7-14/h2-5H,6-9H2,1H3;1-2,4,6-7H,3,5H2. The first-order valence-corrected chi connectivity index (χ1v) is 10.1. The number of aryl methyl sites for hydroxylation is 2. The van der Waals surface area contributed by atoms with Gasteiger partial charge in [0.1, 0.15) is 17.9 Å². The lowest BCUT2D eigenvalue weighted by Gasteiger charge is -2.12. The molecular formula is C24H24F6O3. The second-order valence-electron chi connectivity index (χ2n) is 7.26. The fourth-order valence-electron chi connectivity index (χ4n) is 2.96. The van der Waals surface area contributed by atoms with Crippen LogP contribution in [0.4, 0.5) is 26.3 Å². The molecule has 2 aromatic rings. The largest absolute Gasteiger partial charge is 0.416 e. The zero-order valence-electron chi connectivity index (χ0n) is 17.9. The Morgan fingerprint density at radius 2 is 1.18 bits per heavy atom. The molecule has 0 aromatic heterocycles. The highest BCUT2D eigenvalue weighted by molar-refractivity contribution is 5.84. The third-order valence-corrected chi connectivity index (χ3v) is 4.61. The first-order chi connectivity index (χ1) is 15.4. The van der Waals surface area contributed by atoms with Crippen molar-refractivity contribution >= 4 is 17.9 Å². The molecule has 0 spiro atoms. The van der Waals surface area contributed by atoms with Crippen molar-refractivity contribution in [2.24, 2.45) is 0 Å². The molecule has 2 rings (SSSR count). The summed E-state index contributed by atoms with van der Waals surface area (Å²) in [5.41, 5.74) is -1.06. The third-order valence-electron chi connectivity index (χ3n) is 4.61. The Morgan fingerprint density at radius 3 is 1.61 bits per heavy atom. The predicted molar refractivity (Wildman–Crippen MR) is 111 cm³/mol. The van der Waals surface area contributed by atoms with E-state index in [1.165, 1.54) is 43.3 Å². The van der Waals surface area contributed by atoms with E-state index in [-0.39, 0.29) is 61.2 Å². The van der Waals surface area contributed by atoms with Gasteiger partial charge in [-0.2, -0.15) is 26.3 Å². The van der Waals surface area contributed by atoms with Crippen LogP contribution < -0.4 is 0 Å². The minimum Gasteiger partial charge on any atom is -0.303 e. The van der Waals surface area contributed by atoms with Crippen molar-refractivity contribution in [2.45, 2.75) is 57.8 Å². The zero-order chi connectivity index (χ0) is 25.1. The summed E-state index contributed by atoms with van der Waals surface area (Å²) in [6.45, 7) is 1.38. The van der Waals surface area contributed by atoms with Crippen molar-refractivity contribution in [1.82, 2.24) is 0 Å². The normalized spacial score (nSPS) is 11.4. The summed E-state index contributed by atoms with van der Waals surface area (Å²) in [7, 11) is 0. The van der Waals surface area contributed by atoms with E-state index in [2.05, 4.69) is 0 Å². The van der Waals surface area contributed by atoms with Crippen molar-refractivity contribution < 1.29 is 40.7 Å². The first kappa shape index (κ1) is 28.1. The average molecular weight is 474 g/mol. The fourth-order valence-corrected chi connectivity index (χ4v) is 2.96. The second-order valence-corrected chi connectivity index (χ2v) is 7.26. The molecule has 0 radical (unpaired) electrons. The fraction of sp³-hybridized carbons (Fsp3) is 0.375. The van der Waals surface area contributed by atoms with Crippen LogP contribution in [0, 0.1) is 0 Å². The molecule has 180 valence electrons. The minimum atomic E-state index is -4.40. The van der Waals surface area contributed by atoms with Gasteiger partial charge < -0.3 is 9.59 Å². The maximum Gasteiger partial charge on any atom is 0.416 e. The van der Waals surface area contributed by atoms with Gasteiger partial charge in [-0.3, -0.25) is 4.79 Å². The summed E-state index contributed by atoms with van der Waals surface area (Å²) in [5, 5.41) is 0. The van der Waals surface area contributed by atoms with Crippen molar-refractivity contribution in [3.8, 4) is 0 Å². The molecule has 0 N–H and O–H groups in total. The first-order valence-electron chi connectivity index (χ1n) is 10.1. The van der Waals surface area contributed by atoms with Gasteiger partial charge in [0.15, 0.2) is 0 Å². The Hall–Kier alpha value is -2.97. The van der Waals surface area contributed by atoms with Crippen LogP contribution in [-0.2, 0) is 39.6 Å². The number of hydrogen-bond acceptors (Lipinski definition) is 3. The Balaban J connectivity index is 0.000000346. The van der Waals surface area contributed by atoms with Crippen molar-refractivity contribution in [2.75, 3.05) is 0 Å². The number of hydrogen-bond donors (Lipinski definition) is 0. The lowest BCUT2D eigenvalue weighted by Crippen LogP contribution is -2.10.